The minimum Gasteiger partial charge on any atom is -0.392 e. The van der Waals surface area contributed by atoms with Crippen LogP contribution < -0.4 is 0 Å². The second kappa shape index (κ2) is 5.03. The van der Waals surface area contributed by atoms with Gasteiger partial charge in [-0.25, -0.2) is 0 Å². The molecule has 0 radical (unpaired) electrons. The van der Waals surface area contributed by atoms with Crippen LogP contribution in [-0.4, -0.2) is 59.8 Å². The molecule has 2 heterocycles. The van der Waals surface area contributed by atoms with Crippen molar-refractivity contribution in [3.8, 4) is 0 Å². The maximum atomic E-state index is 9.67. The normalized spacial score (nSPS) is 36.8. The van der Waals surface area contributed by atoms with Gasteiger partial charge in [-0.3, -0.25) is 4.90 Å². The van der Waals surface area contributed by atoms with Gasteiger partial charge in [-0.2, -0.15) is 0 Å². The summed E-state index contributed by atoms with van der Waals surface area (Å²) >= 11 is 0. The fraction of sp³-hybridized carbons (Fsp3) is 1.00. The molecule has 2 saturated heterocycles. The highest BCUT2D eigenvalue weighted by Gasteiger charge is 2.36. The van der Waals surface area contributed by atoms with Crippen molar-refractivity contribution in [3.05, 3.63) is 0 Å². The third-order valence-corrected chi connectivity index (χ3v) is 4.65. The fourth-order valence-corrected chi connectivity index (χ4v) is 3.36. The number of hydrogen-bond acceptors (Lipinski definition) is 3. The first-order valence-electron chi connectivity index (χ1n) is 6.72. The van der Waals surface area contributed by atoms with Crippen molar-refractivity contribution in [2.45, 2.75) is 51.3 Å². The van der Waals surface area contributed by atoms with Crippen LogP contribution in [0.3, 0.4) is 0 Å². The van der Waals surface area contributed by atoms with Crippen molar-refractivity contribution in [1.29, 1.82) is 0 Å². The monoisotopic (exact) mass is 226 g/mol. The Labute approximate surface area is 99.4 Å². The van der Waals surface area contributed by atoms with Crippen LogP contribution in [0.1, 0.15) is 33.1 Å². The minimum atomic E-state index is -0.210. The van der Waals surface area contributed by atoms with Crippen LogP contribution in [-0.2, 0) is 0 Å². The van der Waals surface area contributed by atoms with Crippen LogP contribution in [0, 0.1) is 5.92 Å². The van der Waals surface area contributed by atoms with Crippen molar-refractivity contribution in [1.82, 2.24) is 9.80 Å². The van der Waals surface area contributed by atoms with Crippen molar-refractivity contribution in [3.63, 3.8) is 0 Å². The second-order valence-corrected chi connectivity index (χ2v) is 5.72. The molecule has 2 rings (SSSR count). The van der Waals surface area contributed by atoms with E-state index in [2.05, 4.69) is 23.8 Å². The minimum absolute atomic E-state index is 0.210. The first kappa shape index (κ1) is 12.3. The fourth-order valence-electron chi connectivity index (χ4n) is 3.36. The summed E-state index contributed by atoms with van der Waals surface area (Å²) in [6.45, 7) is 7.66. The lowest BCUT2D eigenvalue weighted by molar-refractivity contribution is -0.00674. The number of aliphatic hydroxyl groups is 1. The molecular formula is C13H26N2O. The van der Waals surface area contributed by atoms with Crippen LogP contribution in [0.2, 0.25) is 0 Å². The van der Waals surface area contributed by atoms with E-state index >= 15 is 0 Å². The summed E-state index contributed by atoms with van der Waals surface area (Å²) in [5.41, 5.74) is 0. The summed E-state index contributed by atoms with van der Waals surface area (Å²) in [6.07, 6.45) is 3.78. The molecule has 0 saturated carbocycles. The smallest absolute Gasteiger partial charge is 0.0664 e. The Bertz CT molecular complexity index is 232. The van der Waals surface area contributed by atoms with Crippen molar-refractivity contribution >= 4 is 0 Å². The summed E-state index contributed by atoms with van der Waals surface area (Å²) in [5, 5.41) is 9.67. The second-order valence-electron chi connectivity index (χ2n) is 5.72. The number of hydrogen-bond donors (Lipinski definition) is 1. The van der Waals surface area contributed by atoms with E-state index in [-0.39, 0.29) is 6.10 Å². The van der Waals surface area contributed by atoms with E-state index in [0.717, 1.165) is 18.5 Å². The summed E-state index contributed by atoms with van der Waals surface area (Å²) in [6, 6.07) is 1.11. The molecule has 16 heavy (non-hydrogen) atoms. The van der Waals surface area contributed by atoms with Gasteiger partial charge in [0, 0.05) is 25.2 Å². The molecule has 0 aromatic heterocycles. The molecule has 0 amide bonds. The van der Waals surface area contributed by atoms with Crippen LogP contribution in [0.4, 0.5) is 0 Å². The third kappa shape index (κ3) is 2.41. The van der Waals surface area contributed by atoms with E-state index in [1.54, 1.807) is 0 Å². The molecule has 2 fully saturated rings. The van der Waals surface area contributed by atoms with E-state index in [0.29, 0.717) is 6.04 Å². The zero-order valence-electron chi connectivity index (χ0n) is 10.9. The average Bonchev–Trinajstić information content (AvgIpc) is 2.28. The van der Waals surface area contributed by atoms with Crippen LogP contribution in [0.5, 0.6) is 0 Å². The molecule has 1 N–H and O–H groups in total. The Morgan fingerprint density at radius 1 is 1.19 bits per heavy atom. The van der Waals surface area contributed by atoms with Gasteiger partial charge < -0.3 is 10.0 Å². The number of likely N-dealkylation sites (tertiary alicyclic amines) is 2. The van der Waals surface area contributed by atoms with E-state index in [1.165, 1.54) is 32.4 Å². The SMILES string of the molecule is CC(O)C(C)N1CCC2C(CCCN2C)C1. The number of rotatable bonds is 2. The molecule has 2 aliphatic rings. The Morgan fingerprint density at radius 3 is 2.62 bits per heavy atom. The quantitative estimate of drug-likeness (QED) is 0.766. The summed E-state index contributed by atoms with van der Waals surface area (Å²) in [5.74, 6) is 0.827. The van der Waals surface area contributed by atoms with Gasteiger partial charge in [0.2, 0.25) is 0 Å². The standard InChI is InChI=1S/C13H26N2O/c1-10(11(2)16)15-8-6-13-12(9-15)5-4-7-14(13)3/h10-13,16H,4-9H2,1-3H3. The molecule has 0 aromatic carbocycles. The van der Waals surface area contributed by atoms with Crippen LogP contribution in [0.25, 0.3) is 0 Å². The van der Waals surface area contributed by atoms with Crippen LogP contribution >= 0.6 is 0 Å². The van der Waals surface area contributed by atoms with Gasteiger partial charge in [-0.15, -0.1) is 0 Å². The van der Waals surface area contributed by atoms with Gasteiger partial charge in [0.25, 0.3) is 0 Å². The van der Waals surface area contributed by atoms with E-state index in [1.807, 2.05) is 6.92 Å². The zero-order valence-corrected chi connectivity index (χ0v) is 10.9. The van der Waals surface area contributed by atoms with Gasteiger partial charge in [-0.05, 0) is 52.6 Å². The van der Waals surface area contributed by atoms with E-state index in [4.69, 9.17) is 0 Å². The van der Waals surface area contributed by atoms with E-state index < -0.39 is 0 Å². The van der Waals surface area contributed by atoms with Gasteiger partial charge >= 0.3 is 0 Å². The molecule has 0 bridgehead atoms. The highest BCUT2D eigenvalue weighted by atomic mass is 16.3. The topological polar surface area (TPSA) is 26.7 Å². The van der Waals surface area contributed by atoms with Gasteiger partial charge in [0.1, 0.15) is 0 Å². The summed E-state index contributed by atoms with van der Waals surface area (Å²) < 4.78 is 0. The van der Waals surface area contributed by atoms with Crippen molar-refractivity contribution in [2.24, 2.45) is 5.92 Å². The van der Waals surface area contributed by atoms with Gasteiger partial charge in [-0.1, -0.05) is 0 Å². The zero-order chi connectivity index (χ0) is 11.7. The van der Waals surface area contributed by atoms with Gasteiger partial charge in [0.15, 0.2) is 0 Å². The Kier molecular flexibility index (Phi) is 3.88. The lowest BCUT2D eigenvalue weighted by Gasteiger charge is -2.47. The molecule has 3 heteroatoms. The Morgan fingerprint density at radius 2 is 1.94 bits per heavy atom. The predicted molar refractivity (Wildman–Crippen MR) is 66.5 cm³/mol. The molecule has 4 unspecified atom stereocenters. The number of piperidine rings is 2. The third-order valence-electron chi connectivity index (χ3n) is 4.65. The van der Waals surface area contributed by atoms with Crippen molar-refractivity contribution < 1.29 is 5.11 Å². The van der Waals surface area contributed by atoms with Crippen LogP contribution in [0.15, 0.2) is 0 Å². The Balaban J connectivity index is 1.94. The lowest BCUT2D eigenvalue weighted by Crippen LogP contribution is -2.55. The molecule has 4 atom stereocenters. The highest BCUT2D eigenvalue weighted by Crippen LogP contribution is 2.30. The van der Waals surface area contributed by atoms with E-state index in [9.17, 15) is 5.11 Å². The predicted octanol–water partition coefficient (Wildman–Crippen LogP) is 1.17. The maximum absolute atomic E-state index is 9.67. The molecular weight excluding hydrogens is 200 g/mol. The molecule has 0 aromatic rings. The summed E-state index contributed by atoms with van der Waals surface area (Å²) in [4.78, 5) is 5.02. The largest absolute Gasteiger partial charge is 0.392 e. The first-order chi connectivity index (χ1) is 7.59. The number of nitrogens with zero attached hydrogens (tertiary/aromatic N) is 2. The molecule has 0 spiro atoms. The summed E-state index contributed by atoms with van der Waals surface area (Å²) in [7, 11) is 2.27. The average molecular weight is 226 g/mol. The molecule has 0 aliphatic carbocycles. The Hall–Kier alpha value is -0.120. The molecule has 94 valence electrons. The number of fused-ring (bicyclic) bond motifs is 1. The first-order valence-corrected chi connectivity index (χ1v) is 6.72. The van der Waals surface area contributed by atoms with Gasteiger partial charge in [0.05, 0.1) is 6.10 Å². The molecule has 2 aliphatic heterocycles. The lowest BCUT2D eigenvalue weighted by atomic mass is 9.83. The maximum Gasteiger partial charge on any atom is 0.0664 e. The number of aliphatic hydroxyl groups excluding tert-OH is 1. The van der Waals surface area contributed by atoms with Crippen molar-refractivity contribution in [2.75, 3.05) is 26.7 Å². The molecule has 3 nitrogen and oxygen atoms in total. The highest BCUT2D eigenvalue weighted by molar-refractivity contribution is 4.91.